The molecule has 13 heavy (non-hydrogen) atoms. The molecule has 0 saturated carbocycles. The number of allylic oxidation sites excluding steroid dienone is 1. The van der Waals surface area contributed by atoms with Crippen LogP contribution in [0.3, 0.4) is 0 Å². The topological polar surface area (TPSA) is 39.4 Å². The molecule has 1 heterocycles. The molecule has 0 fully saturated rings. The van der Waals surface area contributed by atoms with Crippen molar-refractivity contribution < 1.29 is 13.9 Å². The maximum Gasteiger partial charge on any atom is 0.331 e. The van der Waals surface area contributed by atoms with E-state index in [1.807, 2.05) is 0 Å². The Balaban J connectivity index is 2.67. The Hall–Kier alpha value is -1.51. The molecular weight excluding hydrogens is 168 g/mol. The summed E-state index contributed by atoms with van der Waals surface area (Å²) in [5.74, 6) is 0.351. The maximum absolute atomic E-state index is 11.0. The van der Waals surface area contributed by atoms with E-state index in [1.165, 1.54) is 6.08 Å². The van der Waals surface area contributed by atoms with E-state index in [9.17, 15) is 4.79 Å². The molecular formula is C10H12O3. The highest BCUT2D eigenvalue weighted by atomic mass is 16.5. The van der Waals surface area contributed by atoms with Gasteiger partial charge in [-0.25, -0.2) is 4.79 Å². The van der Waals surface area contributed by atoms with Crippen molar-refractivity contribution in [2.45, 2.75) is 13.8 Å². The lowest BCUT2D eigenvalue weighted by atomic mass is 10.2. The van der Waals surface area contributed by atoms with Gasteiger partial charge in [-0.1, -0.05) is 0 Å². The molecule has 0 aromatic carbocycles. The molecule has 3 nitrogen and oxygen atoms in total. The zero-order valence-electron chi connectivity index (χ0n) is 7.74. The number of furan rings is 1. The summed E-state index contributed by atoms with van der Waals surface area (Å²) in [7, 11) is 0. The fourth-order valence-electron chi connectivity index (χ4n) is 0.935. The van der Waals surface area contributed by atoms with Gasteiger partial charge in [-0.3, -0.25) is 0 Å². The van der Waals surface area contributed by atoms with E-state index in [2.05, 4.69) is 0 Å². The summed E-state index contributed by atoms with van der Waals surface area (Å²) in [6.45, 7) is 3.96. The van der Waals surface area contributed by atoms with Crippen LogP contribution < -0.4 is 0 Å². The fraction of sp³-hybridized carbons (Fsp3) is 0.300. The van der Waals surface area contributed by atoms with Crippen molar-refractivity contribution >= 4 is 11.5 Å². The molecule has 0 aliphatic rings. The summed E-state index contributed by atoms with van der Waals surface area (Å²) in [5, 5.41) is 0. The van der Waals surface area contributed by atoms with E-state index >= 15 is 0 Å². The van der Waals surface area contributed by atoms with Crippen molar-refractivity contribution in [2.75, 3.05) is 6.61 Å². The Morgan fingerprint density at radius 1 is 1.69 bits per heavy atom. The third-order valence-electron chi connectivity index (χ3n) is 1.53. The van der Waals surface area contributed by atoms with Crippen molar-refractivity contribution in [1.29, 1.82) is 0 Å². The minimum absolute atomic E-state index is 0.337. The highest BCUT2D eigenvalue weighted by Crippen LogP contribution is 2.13. The summed E-state index contributed by atoms with van der Waals surface area (Å²) < 4.78 is 9.85. The van der Waals surface area contributed by atoms with Crippen molar-refractivity contribution in [2.24, 2.45) is 0 Å². The predicted octanol–water partition coefficient (Wildman–Crippen LogP) is 2.25. The number of carbonyl (C=O) groups is 1. The SMILES string of the molecule is CCOC(=O)/C=C(\C)c1ccco1. The van der Waals surface area contributed by atoms with Gasteiger partial charge in [-0.15, -0.1) is 0 Å². The maximum atomic E-state index is 11.0. The van der Waals surface area contributed by atoms with Gasteiger partial charge in [0.05, 0.1) is 12.9 Å². The molecule has 0 unspecified atom stereocenters. The molecule has 1 aromatic heterocycles. The highest BCUT2D eigenvalue weighted by Gasteiger charge is 2.02. The lowest BCUT2D eigenvalue weighted by Gasteiger charge is -1.97. The van der Waals surface area contributed by atoms with E-state index < -0.39 is 0 Å². The van der Waals surface area contributed by atoms with Crippen LogP contribution in [0.15, 0.2) is 28.9 Å². The Morgan fingerprint density at radius 2 is 2.46 bits per heavy atom. The fourth-order valence-corrected chi connectivity index (χ4v) is 0.935. The summed E-state index contributed by atoms with van der Waals surface area (Å²) in [6, 6.07) is 3.57. The molecule has 0 amide bonds. The Bertz CT molecular complexity index is 296. The molecule has 0 saturated heterocycles. The lowest BCUT2D eigenvalue weighted by molar-refractivity contribution is -0.137. The first-order valence-corrected chi connectivity index (χ1v) is 4.13. The van der Waals surface area contributed by atoms with Gasteiger partial charge >= 0.3 is 5.97 Å². The van der Waals surface area contributed by atoms with Crippen molar-refractivity contribution in [1.82, 2.24) is 0 Å². The second kappa shape index (κ2) is 4.50. The molecule has 1 rings (SSSR count). The average Bonchev–Trinajstić information content (AvgIpc) is 2.55. The molecule has 0 spiro atoms. The Labute approximate surface area is 77.0 Å². The second-order valence-electron chi connectivity index (χ2n) is 2.56. The molecule has 1 aromatic rings. The molecule has 0 aliphatic carbocycles. The van der Waals surface area contributed by atoms with Crippen LogP contribution in [0.25, 0.3) is 5.57 Å². The zero-order valence-corrected chi connectivity index (χ0v) is 7.74. The lowest BCUT2D eigenvalue weighted by Crippen LogP contribution is -1.99. The first kappa shape index (κ1) is 9.58. The van der Waals surface area contributed by atoms with E-state index in [0.29, 0.717) is 12.4 Å². The van der Waals surface area contributed by atoms with Crippen LogP contribution in [0.4, 0.5) is 0 Å². The first-order chi connectivity index (χ1) is 6.24. The largest absolute Gasteiger partial charge is 0.465 e. The highest BCUT2D eigenvalue weighted by molar-refractivity contribution is 5.90. The van der Waals surface area contributed by atoms with Gasteiger partial charge in [0.1, 0.15) is 5.76 Å². The number of carbonyl (C=O) groups excluding carboxylic acids is 1. The smallest absolute Gasteiger partial charge is 0.331 e. The standard InChI is InChI=1S/C10H12O3/c1-3-12-10(11)7-8(2)9-5-4-6-13-9/h4-7H,3H2,1-2H3/b8-7+. The molecule has 0 aliphatic heterocycles. The minimum atomic E-state index is -0.337. The number of hydrogen-bond acceptors (Lipinski definition) is 3. The number of rotatable bonds is 3. The van der Waals surface area contributed by atoms with E-state index in [-0.39, 0.29) is 5.97 Å². The van der Waals surface area contributed by atoms with Gasteiger partial charge in [0.25, 0.3) is 0 Å². The third kappa shape index (κ3) is 2.78. The molecule has 0 atom stereocenters. The van der Waals surface area contributed by atoms with E-state index in [4.69, 9.17) is 9.15 Å². The number of ether oxygens (including phenoxy) is 1. The summed E-state index contributed by atoms with van der Waals surface area (Å²) in [4.78, 5) is 11.0. The monoisotopic (exact) mass is 180 g/mol. The Morgan fingerprint density at radius 3 is 3.00 bits per heavy atom. The molecule has 0 N–H and O–H groups in total. The minimum Gasteiger partial charge on any atom is -0.465 e. The van der Waals surface area contributed by atoms with Gasteiger partial charge in [0.15, 0.2) is 0 Å². The van der Waals surface area contributed by atoms with Crippen molar-refractivity contribution in [3.63, 3.8) is 0 Å². The molecule has 0 bridgehead atoms. The summed E-state index contributed by atoms with van der Waals surface area (Å²) in [5.41, 5.74) is 0.767. The number of esters is 1. The van der Waals surface area contributed by atoms with Crippen LogP contribution in [0.2, 0.25) is 0 Å². The second-order valence-corrected chi connectivity index (χ2v) is 2.56. The van der Waals surface area contributed by atoms with Gasteiger partial charge in [-0.2, -0.15) is 0 Å². The van der Waals surface area contributed by atoms with Gasteiger partial charge in [0, 0.05) is 6.08 Å². The molecule has 3 heteroatoms. The predicted molar refractivity (Wildman–Crippen MR) is 49.0 cm³/mol. The van der Waals surface area contributed by atoms with Gasteiger partial charge < -0.3 is 9.15 Å². The molecule has 70 valence electrons. The number of hydrogen-bond donors (Lipinski definition) is 0. The van der Waals surface area contributed by atoms with Crippen LogP contribution in [0, 0.1) is 0 Å². The van der Waals surface area contributed by atoms with Crippen LogP contribution in [0.5, 0.6) is 0 Å². The zero-order chi connectivity index (χ0) is 9.68. The Kier molecular flexibility index (Phi) is 3.31. The summed E-state index contributed by atoms with van der Waals surface area (Å²) in [6.07, 6.45) is 2.99. The normalized spacial score (nSPS) is 11.4. The average molecular weight is 180 g/mol. The quantitative estimate of drug-likeness (QED) is 0.529. The van der Waals surface area contributed by atoms with Gasteiger partial charge in [0.2, 0.25) is 0 Å². The van der Waals surface area contributed by atoms with Crippen molar-refractivity contribution in [3.05, 3.63) is 30.2 Å². The van der Waals surface area contributed by atoms with Crippen LogP contribution in [0.1, 0.15) is 19.6 Å². The van der Waals surface area contributed by atoms with E-state index in [0.717, 1.165) is 5.57 Å². The van der Waals surface area contributed by atoms with Gasteiger partial charge in [-0.05, 0) is 31.6 Å². The van der Waals surface area contributed by atoms with E-state index in [1.54, 1.807) is 32.2 Å². The first-order valence-electron chi connectivity index (χ1n) is 4.13. The van der Waals surface area contributed by atoms with Crippen LogP contribution in [-0.4, -0.2) is 12.6 Å². The van der Waals surface area contributed by atoms with Crippen LogP contribution >= 0.6 is 0 Å². The van der Waals surface area contributed by atoms with Crippen molar-refractivity contribution in [3.8, 4) is 0 Å². The van der Waals surface area contributed by atoms with Crippen LogP contribution in [-0.2, 0) is 9.53 Å². The summed E-state index contributed by atoms with van der Waals surface area (Å²) >= 11 is 0. The molecule has 0 radical (unpaired) electrons. The third-order valence-corrected chi connectivity index (χ3v) is 1.53.